The van der Waals surface area contributed by atoms with Crippen LogP contribution in [0.15, 0.2) is 12.1 Å². The Morgan fingerprint density at radius 1 is 1.29 bits per heavy atom. The van der Waals surface area contributed by atoms with Gasteiger partial charge in [0.2, 0.25) is 0 Å². The van der Waals surface area contributed by atoms with Crippen LogP contribution in [0.5, 0.6) is 11.5 Å². The lowest BCUT2D eigenvalue weighted by Gasteiger charge is -2.33. The Kier molecular flexibility index (Phi) is 2.51. The first-order valence-electron chi connectivity index (χ1n) is 6.50. The summed E-state index contributed by atoms with van der Waals surface area (Å²) in [5.41, 5.74) is 2.23. The van der Waals surface area contributed by atoms with Gasteiger partial charge in [-0.1, -0.05) is 13.0 Å². The summed E-state index contributed by atoms with van der Waals surface area (Å²) in [6.45, 7) is 4.49. The van der Waals surface area contributed by atoms with Crippen molar-refractivity contribution in [2.45, 2.75) is 38.1 Å². The molecule has 3 heteroatoms. The first-order valence-corrected chi connectivity index (χ1v) is 6.50. The first kappa shape index (κ1) is 10.9. The summed E-state index contributed by atoms with van der Waals surface area (Å²) in [6.07, 6.45) is 3.16. The highest BCUT2D eigenvalue weighted by atomic mass is 16.3. The predicted octanol–water partition coefficient (Wildman–Crippen LogP) is 2.22. The zero-order valence-electron chi connectivity index (χ0n) is 10.2. The maximum Gasteiger partial charge on any atom is 0.160 e. The highest BCUT2D eigenvalue weighted by Gasteiger charge is 2.38. The predicted molar refractivity (Wildman–Crippen MR) is 66.5 cm³/mol. The Hall–Kier alpha value is -1.22. The average Bonchev–Trinajstić information content (AvgIpc) is 2.76. The lowest BCUT2D eigenvalue weighted by molar-refractivity contribution is 0.237. The number of phenols is 2. The van der Waals surface area contributed by atoms with Gasteiger partial charge in [0.05, 0.1) is 0 Å². The van der Waals surface area contributed by atoms with Crippen molar-refractivity contribution in [3.8, 4) is 11.5 Å². The van der Waals surface area contributed by atoms with Crippen LogP contribution in [-0.2, 0) is 6.42 Å². The molecule has 3 rings (SSSR count). The van der Waals surface area contributed by atoms with Crippen LogP contribution in [0.25, 0.3) is 0 Å². The summed E-state index contributed by atoms with van der Waals surface area (Å²) in [6, 6.07) is 4.27. The number of likely N-dealkylation sites (tertiary alicyclic amines) is 1. The van der Waals surface area contributed by atoms with Gasteiger partial charge < -0.3 is 15.1 Å². The second kappa shape index (κ2) is 3.91. The minimum atomic E-state index is 0.0209. The van der Waals surface area contributed by atoms with E-state index in [9.17, 15) is 10.2 Å². The standard InChI is InChI=1S/C14H19NO2/c1-2-15-8-7-10-9-4-6-13(16)14(17)11(9)3-5-12(10)15/h4,6,10,12,16-17H,2-3,5,7-8H2,1H3/t10?,12-/m1/s1. The average molecular weight is 233 g/mol. The smallest absolute Gasteiger partial charge is 0.160 e. The molecule has 0 bridgehead atoms. The number of rotatable bonds is 1. The number of likely N-dealkylation sites (N-methyl/N-ethyl adjacent to an activating group) is 1. The Balaban J connectivity index is 2.02. The van der Waals surface area contributed by atoms with E-state index in [0.29, 0.717) is 12.0 Å². The maximum atomic E-state index is 9.92. The highest BCUT2D eigenvalue weighted by Crippen LogP contribution is 2.46. The van der Waals surface area contributed by atoms with Crippen molar-refractivity contribution in [2.24, 2.45) is 0 Å². The van der Waals surface area contributed by atoms with Crippen LogP contribution >= 0.6 is 0 Å². The highest BCUT2D eigenvalue weighted by molar-refractivity contribution is 5.52. The third-order valence-corrected chi connectivity index (χ3v) is 4.45. The molecule has 0 saturated carbocycles. The van der Waals surface area contributed by atoms with Crippen molar-refractivity contribution in [2.75, 3.05) is 13.1 Å². The number of nitrogens with zero attached hydrogens (tertiary/aromatic N) is 1. The Morgan fingerprint density at radius 3 is 2.88 bits per heavy atom. The fourth-order valence-corrected chi connectivity index (χ4v) is 3.60. The van der Waals surface area contributed by atoms with E-state index < -0.39 is 0 Å². The van der Waals surface area contributed by atoms with Gasteiger partial charge in [-0.05, 0) is 44.0 Å². The zero-order valence-corrected chi connectivity index (χ0v) is 10.2. The fourth-order valence-electron chi connectivity index (χ4n) is 3.60. The second-order valence-corrected chi connectivity index (χ2v) is 5.13. The number of benzene rings is 1. The van der Waals surface area contributed by atoms with E-state index in [1.807, 2.05) is 6.07 Å². The molecule has 0 aromatic heterocycles. The van der Waals surface area contributed by atoms with Gasteiger partial charge in [0.15, 0.2) is 11.5 Å². The topological polar surface area (TPSA) is 43.7 Å². The van der Waals surface area contributed by atoms with Crippen molar-refractivity contribution in [1.82, 2.24) is 4.90 Å². The van der Waals surface area contributed by atoms with Crippen molar-refractivity contribution in [3.63, 3.8) is 0 Å². The second-order valence-electron chi connectivity index (χ2n) is 5.13. The van der Waals surface area contributed by atoms with Crippen LogP contribution in [0.1, 0.15) is 36.8 Å². The summed E-state index contributed by atoms with van der Waals surface area (Å²) in [5, 5.41) is 19.5. The van der Waals surface area contributed by atoms with E-state index in [0.717, 1.165) is 31.5 Å². The number of phenolic OH excluding ortho intramolecular Hbond substituents is 2. The Morgan fingerprint density at radius 2 is 2.12 bits per heavy atom. The molecule has 1 aromatic rings. The molecule has 0 radical (unpaired) electrons. The molecule has 1 fully saturated rings. The summed E-state index contributed by atoms with van der Waals surface area (Å²) in [4.78, 5) is 2.54. The van der Waals surface area contributed by atoms with Gasteiger partial charge in [-0.15, -0.1) is 0 Å². The lowest BCUT2D eigenvalue weighted by atomic mass is 9.79. The SMILES string of the molecule is CCN1CCC2c3ccc(O)c(O)c3CC[C@H]21. The summed E-state index contributed by atoms with van der Waals surface area (Å²) in [5.74, 6) is 0.675. The summed E-state index contributed by atoms with van der Waals surface area (Å²) >= 11 is 0. The van der Waals surface area contributed by atoms with Crippen LogP contribution in [0.2, 0.25) is 0 Å². The molecule has 1 saturated heterocycles. The van der Waals surface area contributed by atoms with Crippen molar-refractivity contribution in [1.29, 1.82) is 0 Å². The molecule has 1 unspecified atom stereocenters. The van der Waals surface area contributed by atoms with Gasteiger partial charge in [-0.2, -0.15) is 0 Å². The maximum absolute atomic E-state index is 9.92. The summed E-state index contributed by atoms with van der Waals surface area (Å²) < 4.78 is 0. The Bertz CT molecular complexity index is 444. The largest absolute Gasteiger partial charge is 0.504 e. The monoisotopic (exact) mass is 233 g/mol. The molecule has 2 aliphatic rings. The third kappa shape index (κ3) is 1.53. The zero-order chi connectivity index (χ0) is 12.0. The Labute approximate surface area is 102 Å². The first-order chi connectivity index (χ1) is 8.22. The number of aromatic hydroxyl groups is 2. The van der Waals surface area contributed by atoms with Gasteiger partial charge in [-0.3, -0.25) is 0 Å². The summed E-state index contributed by atoms with van der Waals surface area (Å²) in [7, 11) is 0. The van der Waals surface area contributed by atoms with E-state index in [4.69, 9.17) is 0 Å². The molecule has 1 aliphatic carbocycles. The van der Waals surface area contributed by atoms with Crippen LogP contribution in [-0.4, -0.2) is 34.2 Å². The molecule has 2 atom stereocenters. The lowest BCUT2D eigenvalue weighted by Crippen LogP contribution is -2.34. The minimum absolute atomic E-state index is 0.0209. The molecule has 1 aromatic carbocycles. The molecule has 17 heavy (non-hydrogen) atoms. The molecule has 0 amide bonds. The quantitative estimate of drug-likeness (QED) is 0.731. The molecule has 1 aliphatic heterocycles. The van der Waals surface area contributed by atoms with E-state index in [1.165, 1.54) is 12.0 Å². The number of hydrogen-bond donors (Lipinski definition) is 2. The van der Waals surface area contributed by atoms with E-state index in [2.05, 4.69) is 11.8 Å². The molecule has 0 spiro atoms. The van der Waals surface area contributed by atoms with E-state index >= 15 is 0 Å². The van der Waals surface area contributed by atoms with Gasteiger partial charge in [0, 0.05) is 17.5 Å². The van der Waals surface area contributed by atoms with Gasteiger partial charge in [0.1, 0.15) is 0 Å². The molecular formula is C14H19NO2. The van der Waals surface area contributed by atoms with Gasteiger partial charge >= 0.3 is 0 Å². The fraction of sp³-hybridized carbons (Fsp3) is 0.571. The molecule has 3 nitrogen and oxygen atoms in total. The van der Waals surface area contributed by atoms with Crippen LogP contribution in [0.3, 0.4) is 0 Å². The molecule has 92 valence electrons. The number of fused-ring (bicyclic) bond motifs is 3. The minimum Gasteiger partial charge on any atom is -0.504 e. The van der Waals surface area contributed by atoms with Crippen LogP contribution < -0.4 is 0 Å². The third-order valence-electron chi connectivity index (χ3n) is 4.45. The van der Waals surface area contributed by atoms with E-state index in [1.54, 1.807) is 6.07 Å². The van der Waals surface area contributed by atoms with Crippen molar-refractivity contribution >= 4 is 0 Å². The van der Waals surface area contributed by atoms with E-state index in [-0.39, 0.29) is 11.5 Å². The molecule has 1 heterocycles. The van der Waals surface area contributed by atoms with Crippen LogP contribution in [0.4, 0.5) is 0 Å². The molecule has 2 N–H and O–H groups in total. The molecular weight excluding hydrogens is 214 g/mol. The normalized spacial score (nSPS) is 27.8. The van der Waals surface area contributed by atoms with Gasteiger partial charge in [0.25, 0.3) is 0 Å². The van der Waals surface area contributed by atoms with Crippen LogP contribution in [0, 0.1) is 0 Å². The number of hydrogen-bond acceptors (Lipinski definition) is 3. The van der Waals surface area contributed by atoms with Crippen molar-refractivity contribution < 1.29 is 10.2 Å². The van der Waals surface area contributed by atoms with Crippen molar-refractivity contribution in [3.05, 3.63) is 23.3 Å². The van der Waals surface area contributed by atoms with Gasteiger partial charge in [-0.25, -0.2) is 0 Å².